The van der Waals surface area contributed by atoms with Gasteiger partial charge in [-0.05, 0) is 61.9 Å². The van der Waals surface area contributed by atoms with E-state index < -0.39 is 0 Å². The molecular formula is C13H21IO2Si. The van der Waals surface area contributed by atoms with Crippen molar-refractivity contribution in [3.8, 4) is 11.5 Å². The maximum Gasteiger partial charge on any atom is 0.175 e. The molecule has 0 saturated carbocycles. The minimum absolute atomic E-state index is 0.197. The van der Waals surface area contributed by atoms with Gasteiger partial charge in [-0.15, -0.1) is 0 Å². The van der Waals surface area contributed by atoms with Crippen LogP contribution in [-0.4, -0.2) is 22.5 Å². The highest BCUT2D eigenvalue weighted by molar-refractivity contribution is 14.1. The normalized spacial score (nSPS) is 11.5. The molecule has 2 nitrogen and oxygen atoms in total. The Kier molecular flexibility index (Phi) is 5.79. The Hall–Kier alpha value is -0.233. The van der Waals surface area contributed by atoms with Gasteiger partial charge in [0.05, 0.1) is 10.2 Å². The van der Waals surface area contributed by atoms with Gasteiger partial charge in [-0.3, -0.25) is 0 Å². The topological polar surface area (TPSA) is 18.5 Å². The maximum absolute atomic E-state index is 5.97. The van der Waals surface area contributed by atoms with E-state index in [0.717, 1.165) is 28.1 Å². The number of para-hydroxylation sites is 1. The first kappa shape index (κ1) is 14.8. The molecule has 0 N–H and O–H groups in total. The van der Waals surface area contributed by atoms with Crippen LogP contribution in [0.5, 0.6) is 11.5 Å². The van der Waals surface area contributed by atoms with Crippen molar-refractivity contribution in [2.24, 2.45) is 0 Å². The highest BCUT2D eigenvalue weighted by atomic mass is 127. The number of benzene rings is 1. The average Bonchev–Trinajstić information content (AvgIpc) is 2.21. The fourth-order valence-corrected chi connectivity index (χ4v) is 2.21. The summed E-state index contributed by atoms with van der Waals surface area (Å²) in [6.07, 6.45) is 1.13. The monoisotopic (exact) mass is 364 g/mol. The van der Waals surface area contributed by atoms with E-state index in [2.05, 4.69) is 43.4 Å². The van der Waals surface area contributed by atoms with Crippen molar-refractivity contribution in [2.75, 3.05) is 6.61 Å². The molecule has 0 atom stereocenters. The van der Waals surface area contributed by atoms with E-state index in [1.54, 1.807) is 0 Å². The number of halogens is 1. The summed E-state index contributed by atoms with van der Waals surface area (Å²) in [7, 11) is 1.24. The Bertz CT molecular complexity index is 361. The molecule has 4 heteroatoms. The fourth-order valence-electron chi connectivity index (χ4n) is 1.33. The Labute approximate surface area is 121 Å². The van der Waals surface area contributed by atoms with Crippen LogP contribution in [0.25, 0.3) is 0 Å². The Balaban J connectivity index is 2.84. The minimum Gasteiger partial charge on any atom is -0.490 e. The molecule has 0 aliphatic rings. The maximum atomic E-state index is 5.97. The highest BCUT2D eigenvalue weighted by Crippen LogP contribution is 2.34. The molecular weight excluding hydrogens is 343 g/mol. The second-order valence-corrected chi connectivity index (χ2v) is 7.15. The number of hydrogen-bond donors (Lipinski definition) is 0. The van der Waals surface area contributed by atoms with Gasteiger partial charge in [0.1, 0.15) is 5.60 Å². The summed E-state index contributed by atoms with van der Waals surface area (Å²) >= 11 is 2.29. The quantitative estimate of drug-likeness (QED) is 0.454. The van der Waals surface area contributed by atoms with Crippen molar-refractivity contribution < 1.29 is 9.47 Å². The molecule has 0 heterocycles. The molecule has 1 aromatic rings. The molecule has 0 amide bonds. The largest absolute Gasteiger partial charge is 0.490 e. The molecule has 0 aliphatic carbocycles. The molecule has 0 unspecified atom stereocenters. The second-order valence-electron chi connectivity index (χ2n) is 4.98. The van der Waals surface area contributed by atoms with Crippen LogP contribution in [0, 0.1) is 3.57 Å². The zero-order valence-corrected chi connectivity index (χ0v) is 15.2. The van der Waals surface area contributed by atoms with Crippen LogP contribution < -0.4 is 9.47 Å². The minimum atomic E-state index is -0.197. The van der Waals surface area contributed by atoms with Gasteiger partial charge in [0.2, 0.25) is 0 Å². The van der Waals surface area contributed by atoms with Crippen molar-refractivity contribution in [3.05, 3.63) is 21.8 Å². The van der Waals surface area contributed by atoms with E-state index in [1.165, 1.54) is 16.3 Å². The smallest absolute Gasteiger partial charge is 0.175 e. The summed E-state index contributed by atoms with van der Waals surface area (Å²) in [6, 6.07) is 7.31. The van der Waals surface area contributed by atoms with Crippen molar-refractivity contribution in [1.82, 2.24) is 0 Å². The lowest BCUT2D eigenvalue weighted by Crippen LogP contribution is -2.24. The van der Waals surface area contributed by atoms with Crippen LogP contribution in [0.2, 0.25) is 6.04 Å². The van der Waals surface area contributed by atoms with Crippen molar-refractivity contribution in [2.45, 2.75) is 38.8 Å². The molecule has 17 heavy (non-hydrogen) atoms. The SMILES string of the molecule is CC(C)(C)Oc1c(I)cccc1OCCC[SiH3]. The van der Waals surface area contributed by atoms with Gasteiger partial charge in [-0.1, -0.05) is 12.1 Å². The lowest BCUT2D eigenvalue weighted by molar-refractivity contribution is 0.122. The molecule has 0 aromatic heterocycles. The van der Waals surface area contributed by atoms with Crippen LogP contribution in [0.15, 0.2) is 18.2 Å². The summed E-state index contributed by atoms with van der Waals surface area (Å²) in [5.41, 5.74) is -0.197. The average molecular weight is 364 g/mol. The summed E-state index contributed by atoms with van der Waals surface area (Å²) in [4.78, 5) is 0. The molecule has 0 aliphatic heterocycles. The molecule has 0 saturated heterocycles. The van der Waals surface area contributed by atoms with E-state index in [-0.39, 0.29) is 5.60 Å². The molecule has 0 fully saturated rings. The molecule has 1 aromatic carbocycles. The first-order chi connectivity index (χ1) is 7.94. The van der Waals surface area contributed by atoms with Crippen molar-refractivity contribution in [1.29, 1.82) is 0 Å². The first-order valence-corrected chi connectivity index (χ1v) is 8.53. The third-order valence-electron chi connectivity index (χ3n) is 2.09. The van der Waals surface area contributed by atoms with Crippen LogP contribution in [0.1, 0.15) is 27.2 Å². The molecule has 1 rings (SSSR count). The van der Waals surface area contributed by atoms with Crippen molar-refractivity contribution in [3.63, 3.8) is 0 Å². The van der Waals surface area contributed by atoms with Gasteiger partial charge in [-0.25, -0.2) is 0 Å². The standard InChI is InChI=1S/C13H21IO2Si/c1-13(2,3)16-12-10(14)6-4-7-11(12)15-8-5-9-17/h4,6-7H,5,8-9H2,1-3,17H3. The third-order valence-corrected chi connectivity index (χ3v) is 3.65. The lowest BCUT2D eigenvalue weighted by atomic mass is 10.2. The molecule has 0 radical (unpaired) electrons. The van der Waals surface area contributed by atoms with Crippen LogP contribution in [0.4, 0.5) is 0 Å². The summed E-state index contributed by atoms with van der Waals surface area (Å²) in [5, 5.41) is 0. The van der Waals surface area contributed by atoms with E-state index in [4.69, 9.17) is 9.47 Å². The van der Waals surface area contributed by atoms with Crippen LogP contribution in [-0.2, 0) is 0 Å². The third kappa shape index (κ3) is 5.29. The summed E-state index contributed by atoms with van der Waals surface area (Å²) < 4.78 is 12.9. The van der Waals surface area contributed by atoms with Gasteiger partial charge in [0.15, 0.2) is 11.5 Å². The second kappa shape index (κ2) is 6.63. The van der Waals surface area contributed by atoms with E-state index >= 15 is 0 Å². The van der Waals surface area contributed by atoms with Gasteiger partial charge >= 0.3 is 0 Å². The number of hydrogen-bond acceptors (Lipinski definition) is 2. The van der Waals surface area contributed by atoms with Crippen LogP contribution in [0.3, 0.4) is 0 Å². The van der Waals surface area contributed by atoms with Gasteiger partial charge in [0.25, 0.3) is 0 Å². The Morgan fingerprint density at radius 3 is 2.59 bits per heavy atom. The number of ether oxygens (including phenoxy) is 2. The highest BCUT2D eigenvalue weighted by Gasteiger charge is 2.17. The lowest BCUT2D eigenvalue weighted by Gasteiger charge is -2.24. The fraction of sp³-hybridized carbons (Fsp3) is 0.538. The van der Waals surface area contributed by atoms with Gasteiger partial charge in [0, 0.05) is 10.2 Å². The van der Waals surface area contributed by atoms with E-state index in [9.17, 15) is 0 Å². The predicted molar refractivity (Wildman–Crippen MR) is 84.4 cm³/mol. The first-order valence-electron chi connectivity index (χ1n) is 6.04. The summed E-state index contributed by atoms with van der Waals surface area (Å²) in [6.45, 7) is 6.94. The van der Waals surface area contributed by atoms with Gasteiger partial charge in [-0.2, -0.15) is 0 Å². The van der Waals surface area contributed by atoms with Gasteiger partial charge < -0.3 is 9.47 Å². The molecule has 0 bridgehead atoms. The summed E-state index contributed by atoms with van der Waals surface area (Å²) in [5.74, 6) is 1.73. The van der Waals surface area contributed by atoms with E-state index in [0.29, 0.717) is 0 Å². The van der Waals surface area contributed by atoms with Crippen LogP contribution >= 0.6 is 22.6 Å². The Morgan fingerprint density at radius 2 is 2.00 bits per heavy atom. The van der Waals surface area contributed by atoms with Crippen molar-refractivity contribution >= 4 is 32.8 Å². The predicted octanol–water partition coefficient (Wildman–Crippen LogP) is 3.02. The molecule has 96 valence electrons. The van der Waals surface area contributed by atoms with E-state index in [1.807, 2.05) is 18.2 Å². The molecule has 0 spiro atoms. The zero-order chi connectivity index (χ0) is 12.9. The zero-order valence-electron chi connectivity index (χ0n) is 11.0. The number of rotatable bonds is 5. The Morgan fingerprint density at radius 1 is 1.29 bits per heavy atom.